The van der Waals surface area contributed by atoms with E-state index >= 15 is 0 Å². The molecule has 0 spiro atoms. The van der Waals surface area contributed by atoms with Gasteiger partial charge in [-0.15, -0.1) is 0 Å². The zero-order chi connectivity index (χ0) is 11.5. The van der Waals surface area contributed by atoms with Gasteiger partial charge in [0.05, 0.1) is 12.8 Å². The molecule has 0 atom stereocenters. The van der Waals surface area contributed by atoms with Gasteiger partial charge in [0.2, 0.25) is 0 Å². The smallest absolute Gasteiger partial charge is 0.343 e. The summed E-state index contributed by atoms with van der Waals surface area (Å²) in [4.78, 5) is 26.1. The van der Waals surface area contributed by atoms with Crippen molar-refractivity contribution in [3.63, 3.8) is 0 Å². The fraction of sp³-hybridized carbons (Fsp3) is 0.200. The first kappa shape index (κ1) is 10.3. The molecule has 0 N–H and O–H groups in total. The zero-order valence-electron chi connectivity index (χ0n) is 8.58. The third-order valence-corrected chi connectivity index (χ3v) is 2.01. The summed E-state index contributed by atoms with van der Waals surface area (Å²) < 4.78 is 6.26. The Morgan fingerprint density at radius 2 is 2.44 bits per heavy atom. The maximum atomic E-state index is 11.5. The molecule has 0 amide bonds. The van der Waals surface area contributed by atoms with Crippen molar-refractivity contribution in [2.75, 3.05) is 6.61 Å². The molecule has 0 aliphatic carbocycles. The van der Waals surface area contributed by atoms with Crippen molar-refractivity contribution in [2.24, 2.45) is 0 Å². The maximum absolute atomic E-state index is 11.5. The van der Waals surface area contributed by atoms with Crippen molar-refractivity contribution in [3.8, 4) is 0 Å². The second kappa shape index (κ2) is 4.09. The molecule has 6 heteroatoms. The average Bonchev–Trinajstić information content (AvgIpc) is 2.71. The monoisotopic (exact) mass is 219 g/mol. The van der Waals surface area contributed by atoms with Crippen LogP contribution < -0.4 is 0 Å². The van der Waals surface area contributed by atoms with E-state index < -0.39 is 5.97 Å². The maximum Gasteiger partial charge on any atom is 0.343 e. The number of rotatable bonds is 3. The molecule has 0 unspecified atom stereocenters. The lowest BCUT2D eigenvalue weighted by molar-refractivity contribution is 0.0528. The molecule has 0 saturated heterocycles. The molecular weight excluding hydrogens is 210 g/mol. The van der Waals surface area contributed by atoms with Crippen molar-refractivity contribution >= 4 is 17.9 Å². The van der Waals surface area contributed by atoms with Crippen molar-refractivity contribution in [3.05, 3.63) is 29.7 Å². The fourth-order valence-corrected chi connectivity index (χ4v) is 1.30. The van der Waals surface area contributed by atoms with Crippen LogP contribution in [0.25, 0.3) is 5.65 Å². The van der Waals surface area contributed by atoms with E-state index in [-0.39, 0.29) is 17.9 Å². The Kier molecular flexibility index (Phi) is 2.63. The fourth-order valence-electron chi connectivity index (χ4n) is 1.30. The molecule has 16 heavy (non-hydrogen) atoms. The number of aromatic nitrogens is 3. The van der Waals surface area contributed by atoms with Gasteiger partial charge in [0.1, 0.15) is 11.3 Å². The number of carbonyl (C=O) groups excluding carboxylic acids is 2. The first-order valence-corrected chi connectivity index (χ1v) is 4.73. The van der Waals surface area contributed by atoms with E-state index in [1.807, 2.05) is 0 Å². The summed E-state index contributed by atoms with van der Waals surface area (Å²) in [5, 5.41) is 3.93. The number of ether oxygens (including phenoxy) is 1. The van der Waals surface area contributed by atoms with E-state index in [0.29, 0.717) is 11.9 Å². The van der Waals surface area contributed by atoms with Crippen LogP contribution in [0.4, 0.5) is 0 Å². The van der Waals surface area contributed by atoms with E-state index in [9.17, 15) is 9.59 Å². The van der Waals surface area contributed by atoms with Gasteiger partial charge in [-0.3, -0.25) is 4.79 Å². The van der Waals surface area contributed by atoms with E-state index in [4.69, 9.17) is 4.74 Å². The van der Waals surface area contributed by atoms with Crippen LogP contribution in [-0.4, -0.2) is 33.5 Å². The van der Waals surface area contributed by atoms with Crippen LogP contribution in [0.2, 0.25) is 0 Å². The zero-order valence-corrected chi connectivity index (χ0v) is 8.58. The quantitative estimate of drug-likeness (QED) is 0.561. The van der Waals surface area contributed by atoms with Crippen molar-refractivity contribution in [1.82, 2.24) is 14.6 Å². The molecule has 2 aromatic rings. The number of aldehydes is 1. The van der Waals surface area contributed by atoms with E-state index in [1.54, 1.807) is 13.1 Å². The van der Waals surface area contributed by atoms with Gasteiger partial charge in [-0.2, -0.15) is 5.10 Å². The first-order valence-electron chi connectivity index (χ1n) is 4.73. The van der Waals surface area contributed by atoms with Gasteiger partial charge in [0.25, 0.3) is 0 Å². The summed E-state index contributed by atoms with van der Waals surface area (Å²) in [5.74, 6) is -0.493. The number of nitrogens with zero attached hydrogens (tertiary/aromatic N) is 3. The van der Waals surface area contributed by atoms with Gasteiger partial charge in [0, 0.05) is 6.20 Å². The van der Waals surface area contributed by atoms with Gasteiger partial charge in [0.15, 0.2) is 11.9 Å². The summed E-state index contributed by atoms with van der Waals surface area (Å²) in [6, 6.07) is 1.52. The lowest BCUT2D eigenvalue weighted by atomic mass is 10.3. The van der Waals surface area contributed by atoms with Crippen LogP contribution in [-0.2, 0) is 4.74 Å². The highest BCUT2D eigenvalue weighted by Gasteiger charge is 2.15. The minimum Gasteiger partial charge on any atom is -0.462 e. The number of esters is 1. The molecule has 2 rings (SSSR count). The number of hydrogen-bond acceptors (Lipinski definition) is 5. The van der Waals surface area contributed by atoms with Crippen LogP contribution in [0.1, 0.15) is 27.8 Å². The Labute approximate surface area is 90.9 Å². The Bertz CT molecular complexity index is 547. The van der Waals surface area contributed by atoms with Crippen molar-refractivity contribution in [2.45, 2.75) is 6.92 Å². The summed E-state index contributed by atoms with van der Waals surface area (Å²) >= 11 is 0. The topological polar surface area (TPSA) is 73.6 Å². The van der Waals surface area contributed by atoms with Gasteiger partial charge in [-0.05, 0) is 13.0 Å². The summed E-state index contributed by atoms with van der Waals surface area (Å²) in [6.45, 7) is 2.00. The highest BCUT2D eigenvalue weighted by atomic mass is 16.5. The molecule has 0 aliphatic rings. The molecule has 0 bridgehead atoms. The number of fused-ring (bicyclic) bond motifs is 1. The normalized spacial score (nSPS) is 10.3. The van der Waals surface area contributed by atoms with Crippen LogP contribution in [0.15, 0.2) is 18.5 Å². The SMILES string of the molecule is CCOC(=O)c1cnn2ccc(C=O)nc12. The van der Waals surface area contributed by atoms with Gasteiger partial charge in [-0.25, -0.2) is 14.3 Å². The molecule has 2 heterocycles. The standard InChI is InChI=1S/C10H9N3O3/c1-2-16-10(15)8-5-11-13-4-3-7(6-14)12-9(8)13/h3-6H,2H2,1H3. The Balaban J connectivity index is 2.53. The third-order valence-electron chi connectivity index (χ3n) is 2.01. The van der Waals surface area contributed by atoms with Gasteiger partial charge >= 0.3 is 5.97 Å². The number of hydrogen-bond donors (Lipinski definition) is 0. The molecular formula is C10H9N3O3. The van der Waals surface area contributed by atoms with Gasteiger partial charge < -0.3 is 4.74 Å². The summed E-state index contributed by atoms with van der Waals surface area (Å²) in [6.07, 6.45) is 3.55. The van der Waals surface area contributed by atoms with E-state index in [1.165, 1.54) is 16.8 Å². The molecule has 0 saturated carbocycles. The lowest BCUT2D eigenvalue weighted by Gasteiger charge is -1.99. The van der Waals surface area contributed by atoms with Gasteiger partial charge in [-0.1, -0.05) is 0 Å². The number of carbonyl (C=O) groups is 2. The predicted octanol–water partition coefficient (Wildman–Crippen LogP) is 0.719. The van der Waals surface area contributed by atoms with Crippen LogP contribution in [0, 0.1) is 0 Å². The molecule has 0 fully saturated rings. The second-order valence-electron chi connectivity index (χ2n) is 3.02. The highest BCUT2D eigenvalue weighted by molar-refractivity contribution is 5.95. The molecule has 0 aliphatic heterocycles. The molecule has 2 aromatic heterocycles. The first-order chi connectivity index (χ1) is 7.76. The van der Waals surface area contributed by atoms with E-state index in [0.717, 1.165) is 0 Å². The minimum atomic E-state index is -0.493. The summed E-state index contributed by atoms with van der Waals surface area (Å²) in [7, 11) is 0. The van der Waals surface area contributed by atoms with Crippen molar-refractivity contribution < 1.29 is 14.3 Å². The largest absolute Gasteiger partial charge is 0.462 e. The predicted molar refractivity (Wildman–Crippen MR) is 54.3 cm³/mol. The second-order valence-corrected chi connectivity index (χ2v) is 3.02. The van der Waals surface area contributed by atoms with Crippen LogP contribution in [0.5, 0.6) is 0 Å². The third kappa shape index (κ3) is 1.65. The molecule has 82 valence electrons. The summed E-state index contributed by atoms with van der Waals surface area (Å²) in [5.41, 5.74) is 0.826. The van der Waals surface area contributed by atoms with Crippen LogP contribution >= 0.6 is 0 Å². The van der Waals surface area contributed by atoms with E-state index in [2.05, 4.69) is 10.1 Å². The van der Waals surface area contributed by atoms with Crippen LogP contribution in [0.3, 0.4) is 0 Å². The highest BCUT2D eigenvalue weighted by Crippen LogP contribution is 2.09. The molecule has 6 nitrogen and oxygen atoms in total. The van der Waals surface area contributed by atoms with Crippen molar-refractivity contribution in [1.29, 1.82) is 0 Å². The Hall–Kier alpha value is -2.24. The lowest BCUT2D eigenvalue weighted by Crippen LogP contribution is -2.05. The Morgan fingerprint density at radius 3 is 3.12 bits per heavy atom. The minimum absolute atomic E-state index is 0.249. The molecule has 0 radical (unpaired) electrons. The average molecular weight is 219 g/mol. The molecule has 0 aromatic carbocycles. The Morgan fingerprint density at radius 1 is 1.62 bits per heavy atom.